The summed E-state index contributed by atoms with van der Waals surface area (Å²) in [6, 6.07) is 8.89. The zero-order chi connectivity index (χ0) is 15.7. The Labute approximate surface area is 131 Å². The van der Waals surface area contributed by atoms with Gasteiger partial charge in [0.25, 0.3) is 5.16 Å². The SMILES string of the molecule is CNc1nc(S(=O)(=O)Cc2ccccc2)nc2nc(N)sc12. The van der Waals surface area contributed by atoms with Crippen LogP contribution in [0.25, 0.3) is 10.3 Å². The van der Waals surface area contributed by atoms with Crippen molar-refractivity contribution < 1.29 is 8.42 Å². The second-order valence-electron chi connectivity index (χ2n) is 4.55. The lowest BCUT2D eigenvalue weighted by Gasteiger charge is -2.06. The Kier molecular flexibility index (Phi) is 3.67. The van der Waals surface area contributed by atoms with Gasteiger partial charge in [0.2, 0.25) is 9.84 Å². The molecule has 0 aliphatic rings. The summed E-state index contributed by atoms with van der Waals surface area (Å²) in [6.07, 6.45) is 0. The number of anilines is 2. The third-order valence-corrected chi connectivity index (χ3v) is 5.30. The minimum absolute atomic E-state index is 0.165. The van der Waals surface area contributed by atoms with E-state index in [9.17, 15) is 8.42 Å². The lowest BCUT2D eigenvalue weighted by atomic mass is 10.2. The van der Waals surface area contributed by atoms with Gasteiger partial charge in [-0.3, -0.25) is 0 Å². The number of hydrogen-bond acceptors (Lipinski definition) is 8. The Bertz CT molecular complexity index is 922. The van der Waals surface area contributed by atoms with E-state index in [-0.39, 0.29) is 16.6 Å². The number of nitrogens with two attached hydrogens (primary N) is 1. The van der Waals surface area contributed by atoms with E-state index in [4.69, 9.17) is 5.73 Å². The molecule has 0 saturated carbocycles. The fourth-order valence-electron chi connectivity index (χ4n) is 1.99. The monoisotopic (exact) mass is 335 g/mol. The maximum absolute atomic E-state index is 12.5. The van der Waals surface area contributed by atoms with Gasteiger partial charge in [-0.25, -0.2) is 13.4 Å². The summed E-state index contributed by atoms with van der Waals surface area (Å²) in [6.45, 7) is 0. The highest BCUT2D eigenvalue weighted by Crippen LogP contribution is 2.29. The van der Waals surface area contributed by atoms with E-state index < -0.39 is 9.84 Å². The van der Waals surface area contributed by atoms with Gasteiger partial charge in [-0.15, -0.1) is 0 Å². The number of sulfone groups is 1. The summed E-state index contributed by atoms with van der Waals surface area (Å²) in [4.78, 5) is 12.2. The predicted octanol–water partition coefficient (Wildman–Crippen LogP) is 1.68. The number of rotatable bonds is 4. The van der Waals surface area contributed by atoms with E-state index in [1.807, 2.05) is 6.07 Å². The van der Waals surface area contributed by atoms with Gasteiger partial charge in [-0.2, -0.15) is 9.97 Å². The van der Waals surface area contributed by atoms with Gasteiger partial charge in [0, 0.05) is 7.05 Å². The van der Waals surface area contributed by atoms with Crippen molar-refractivity contribution in [1.29, 1.82) is 0 Å². The van der Waals surface area contributed by atoms with E-state index >= 15 is 0 Å². The van der Waals surface area contributed by atoms with Gasteiger partial charge < -0.3 is 11.1 Å². The first-order valence-electron chi connectivity index (χ1n) is 6.38. The molecule has 0 radical (unpaired) electrons. The van der Waals surface area contributed by atoms with Crippen molar-refractivity contribution in [1.82, 2.24) is 15.0 Å². The first-order valence-corrected chi connectivity index (χ1v) is 8.85. The molecule has 0 bridgehead atoms. The Hall–Kier alpha value is -2.26. The normalized spacial score (nSPS) is 11.7. The highest BCUT2D eigenvalue weighted by molar-refractivity contribution is 7.90. The van der Waals surface area contributed by atoms with Crippen LogP contribution in [0.4, 0.5) is 10.9 Å². The number of nitrogens with zero attached hydrogens (tertiary/aromatic N) is 3. The van der Waals surface area contributed by atoms with E-state index in [0.717, 1.165) is 0 Å². The van der Waals surface area contributed by atoms with Gasteiger partial charge in [0.05, 0.1) is 5.75 Å². The van der Waals surface area contributed by atoms with Crippen LogP contribution in [-0.2, 0) is 15.6 Å². The molecule has 22 heavy (non-hydrogen) atoms. The average Bonchev–Trinajstić information content (AvgIpc) is 2.87. The molecule has 0 aliphatic heterocycles. The van der Waals surface area contributed by atoms with Crippen LogP contribution in [0.2, 0.25) is 0 Å². The minimum Gasteiger partial charge on any atom is -0.375 e. The lowest BCUT2D eigenvalue weighted by molar-refractivity contribution is 0.587. The van der Waals surface area contributed by atoms with Crippen LogP contribution in [0.5, 0.6) is 0 Å². The van der Waals surface area contributed by atoms with Gasteiger partial charge in [0.15, 0.2) is 10.8 Å². The van der Waals surface area contributed by atoms with Crippen molar-refractivity contribution in [3.05, 3.63) is 35.9 Å². The maximum atomic E-state index is 12.5. The third-order valence-electron chi connectivity index (χ3n) is 2.96. The number of nitrogens with one attached hydrogen (secondary N) is 1. The van der Waals surface area contributed by atoms with Crippen molar-refractivity contribution in [2.45, 2.75) is 10.9 Å². The molecule has 3 N–H and O–H groups in total. The Morgan fingerprint density at radius 2 is 1.91 bits per heavy atom. The molecule has 3 aromatic rings. The molecule has 2 heterocycles. The molecule has 0 unspecified atom stereocenters. The molecule has 0 spiro atoms. The standard InChI is InChI=1S/C13H13N5O2S2/c1-15-10-9-11(16-12(14)21-9)18-13(17-10)22(19,20)7-8-5-3-2-4-6-8/h2-6H,7H2,1H3,(H3,14,15,16,17,18). The van der Waals surface area contributed by atoms with Gasteiger partial charge in [-0.05, 0) is 5.56 Å². The van der Waals surface area contributed by atoms with E-state index in [0.29, 0.717) is 21.2 Å². The second-order valence-corrected chi connectivity index (χ2v) is 7.47. The number of fused-ring (bicyclic) bond motifs is 1. The van der Waals surface area contributed by atoms with Crippen molar-refractivity contribution in [2.75, 3.05) is 18.1 Å². The summed E-state index contributed by atoms with van der Waals surface area (Å²) < 4.78 is 25.7. The fourth-order valence-corrected chi connectivity index (χ4v) is 3.97. The van der Waals surface area contributed by atoms with Crippen LogP contribution in [0.3, 0.4) is 0 Å². The first kappa shape index (κ1) is 14.7. The molecule has 0 saturated heterocycles. The molecular formula is C13H13N5O2S2. The molecule has 2 aromatic heterocycles. The van der Waals surface area contributed by atoms with Crippen LogP contribution >= 0.6 is 11.3 Å². The molecule has 0 aliphatic carbocycles. The van der Waals surface area contributed by atoms with E-state index in [2.05, 4.69) is 20.3 Å². The molecule has 1 aromatic carbocycles. The third kappa shape index (κ3) is 2.72. The lowest BCUT2D eigenvalue weighted by Crippen LogP contribution is -2.11. The topological polar surface area (TPSA) is 111 Å². The molecule has 3 rings (SSSR count). The van der Waals surface area contributed by atoms with Crippen molar-refractivity contribution in [3.8, 4) is 0 Å². The summed E-state index contributed by atoms with van der Waals surface area (Å²) >= 11 is 1.21. The van der Waals surface area contributed by atoms with E-state index in [1.54, 1.807) is 31.3 Å². The quantitative estimate of drug-likeness (QED) is 0.698. The van der Waals surface area contributed by atoms with Crippen molar-refractivity contribution >= 4 is 42.5 Å². The molecule has 9 heteroatoms. The fraction of sp³-hybridized carbons (Fsp3) is 0.154. The molecule has 0 amide bonds. The molecule has 0 fully saturated rings. The van der Waals surface area contributed by atoms with Crippen molar-refractivity contribution in [3.63, 3.8) is 0 Å². The Balaban J connectivity index is 2.08. The number of thiazole rings is 1. The van der Waals surface area contributed by atoms with Gasteiger partial charge in [0.1, 0.15) is 10.5 Å². The predicted molar refractivity (Wildman–Crippen MR) is 86.5 cm³/mol. The molecular weight excluding hydrogens is 322 g/mol. The maximum Gasteiger partial charge on any atom is 0.251 e. The first-order chi connectivity index (χ1) is 10.5. The molecule has 0 atom stereocenters. The Morgan fingerprint density at radius 1 is 1.18 bits per heavy atom. The molecule has 7 nitrogen and oxygen atoms in total. The minimum atomic E-state index is -3.67. The summed E-state index contributed by atoms with van der Waals surface area (Å²) in [5.74, 6) is 0.244. The number of hydrogen-bond donors (Lipinski definition) is 2. The smallest absolute Gasteiger partial charge is 0.251 e. The van der Waals surface area contributed by atoms with E-state index in [1.165, 1.54) is 11.3 Å². The highest BCUT2D eigenvalue weighted by Gasteiger charge is 2.22. The number of aromatic nitrogens is 3. The number of nitrogen functional groups attached to an aromatic ring is 1. The zero-order valence-electron chi connectivity index (χ0n) is 11.6. The van der Waals surface area contributed by atoms with Crippen LogP contribution in [0.15, 0.2) is 35.5 Å². The zero-order valence-corrected chi connectivity index (χ0v) is 13.3. The second kappa shape index (κ2) is 5.50. The number of benzene rings is 1. The van der Waals surface area contributed by atoms with Crippen LogP contribution in [0, 0.1) is 0 Å². The van der Waals surface area contributed by atoms with Crippen LogP contribution in [-0.4, -0.2) is 30.4 Å². The summed E-state index contributed by atoms with van der Waals surface area (Å²) in [5, 5.41) is 2.93. The summed E-state index contributed by atoms with van der Waals surface area (Å²) in [5.41, 5.74) is 6.62. The van der Waals surface area contributed by atoms with Gasteiger partial charge in [-0.1, -0.05) is 41.7 Å². The highest BCUT2D eigenvalue weighted by atomic mass is 32.2. The Morgan fingerprint density at radius 3 is 2.59 bits per heavy atom. The average molecular weight is 335 g/mol. The largest absolute Gasteiger partial charge is 0.375 e. The van der Waals surface area contributed by atoms with Crippen LogP contribution < -0.4 is 11.1 Å². The van der Waals surface area contributed by atoms with Gasteiger partial charge >= 0.3 is 0 Å². The molecule has 114 valence electrons. The van der Waals surface area contributed by atoms with Crippen LogP contribution in [0.1, 0.15) is 5.56 Å². The van der Waals surface area contributed by atoms with Crippen molar-refractivity contribution in [2.24, 2.45) is 0 Å². The summed E-state index contributed by atoms with van der Waals surface area (Å²) in [7, 11) is -2.01.